The summed E-state index contributed by atoms with van der Waals surface area (Å²) in [5.41, 5.74) is 0.896. The van der Waals surface area contributed by atoms with E-state index in [-0.39, 0.29) is 17.7 Å². The lowest BCUT2D eigenvalue weighted by molar-refractivity contribution is -0.119. The fourth-order valence-electron chi connectivity index (χ4n) is 2.82. The highest BCUT2D eigenvalue weighted by Gasteiger charge is 2.33. The molecule has 4 nitrogen and oxygen atoms in total. The third-order valence-electron chi connectivity index (χ3n) is 4.55. The maximum Gasteiger partial charge on any atom is 0.216 e. The van der Waals surface area contributed by atoms with E-state index in [0.717, 1.165) is 5.56 Å². The van der Waals surface area contributed by atoms with Crippen molar-refractivity contribution in [1.29, 1.82) is 0 Å². The first kappa shape index (κ1) is 20.1. The van der Waals surface area contributed by atoms with E-state index in [1.165, 1.54) is 0 Å². The Morgan fingerprint density at radius 1 is 1.20 bits per heavy atom. The molecule has 0 heterocycles. The van der Waals surface area contributed by atoms with Gasteiger partial charge in [-0.3, -0.25) is 4.79 Å². The molecular weight excluding hydrogens is 358 g/mol. The Kier molecular flexibility index (Phi) is 6.46. The molecule has 0 aromatic heterocycles. The van der Waals surface area contributed by atoms with Gasteiger partial charge in [-0.05, 0) is 70.2 Å². The average Bonchev–Trinajstić information content (AvgIpc) is 2.52. The van der Waals surface area contributed by atoms with Gasteiger partial charge in [0.05, 0.1) is 4.75 Å². The minimum Gasteiger partial charge on any atom is -0.295 e. The van der Waals surface area contributed by atoms with Gasteiger partial charge in [-0.25, -0.2) is 13.1 Å². The van der Waals surface area contributed by atoms with Gasteiger partial charge in [0.1, 0.15) is 0 Å². The standard InChI is InChI=1S/C19H26ClNO3S/c1-19(2,3)25(23,24)21-17-10-8-15(9-11-17)18(22)12-7-14-5-4-6-16(20)13-14/h4-7,12-13,15,17,21H,8-11H2,1-3H3/b12-7+. The molecule has 0 saturated heterocycles. The highest BCUT2D eigenvalue weighted by atomic mass is 35.5. The molecule has 1 aromatic rings. The van der Waals surface area contributed by atoms with Crippen molar-refractivity contribution in [2.75, 3.05) is 0 Å². The molecule has 1 fully saturated rings. The summed E-state index contributed by atoms with van der Waals surface area (Å²) in [7, 11) is -3.35. The lowest BCUT2D eigenvalue weighted by Gasteiger charge is -2.30. The molecule has 0 radical (unpaired) electrons. The quantitative estimate of drug-likeness (QED) is 0.775. The summed E-state index contributed by atoms with van der Waals surface area (Å²) in [6.07, 6.45) is 6.18. The Balaban J connectivity index is 1.88. The molecule has 1 saturated carbocycles. The molecule has 1 aliphatic rings. The zero-order valence-corrected chi connectivity index (χ0v) is 16.5. The van der Waals surface area contributed by atoms with Gasteiger partial charge >= 0.3 is 0 Å². The van der Waals surface area contributed by atoms with E-state index in [2.05, 4.69) is 4.72 Å². The van der Waals surface area contributed by atoms with Gasteiger partial charge in [-0.15, -0.1) is 0 Å². The van der Waals surface area contributed by atoms with Crippen molar-refractivity contribution < 1.29 is 13.2 Å². The van der Waals surface area contributed by atoms with Gasteiger partial charge < -0.3 is 0 Å². The lowest BCUT2D eigenvalue weighted by atomic mass is 9.83. The molecule has 0 atom stereocenters. The average molecular weight is 384 g/mol. The van der Waals surface area contributed by atoms with E-state index in [0.29, 0.717) is 30.7 Å². The van der Waals surface area contributed by atoms with Crippen molar-refractivity contribution in [3.63, 3.8) is 0 Å². The molecule has 0 bridgehead atoms. The normalized spacial score (nSPS) is 22.2. The summed E-state index contributed by atoms with van der Waals surface area (Å²) in [5.74, 6) is 0.0583. The number of nitrogens with one attached hydrogen (secondary N) is 1. The van der Waals surface area contributed by atoms with Crippen LogP contribution in [-0.2, 0) is 14.8 Å². The third-order valence-corrected chi connectivity index (χ3v) is 7.04. The first-order valence-electron chi connectivity index (χ1n) is 8.58. The summed E-state index contributed by atoms with van der Waals surface area (Å²) in [4.78, 5) is 12.3. The van der Waals surface area contributed by atoms with Crippen LogP contribution in [0.5, 0.6) is 0 Å². The van der Waals surface area contributed by atoms with Crippen LogP contribution in [0, 0.1) is 5.92 Å². The summed E-state index contributed by atoms with van der Waals surface area (Å²) in [5, 5.41) is 0.640. The molecule has 1 aromatic carbocycles. The van der Waals surface area contributed by atoms with E-state index in [4.69, 9.17) is 11.6 Å². The fraction of sp³-hybridized carbons (Fsp3) is 0.526. The van der Waals surface area contributed by atoms with E-state index >= 15 is 0 Å². The van der Waals surface area contributed by atoms with Crippen LogP contribution in [0.25, 0.3) is 6.08 Å². The van der Waals surface area contributed by atoms with Crippen LogP contribution in [0.2, 0.25) is 5.02 Å². The van der Waals surface area contributed by atoms with Gasteiger partial charge in [0, 0.05) is 17.0 Å². The topological polar surface area (TPSA) is 63.2 Å². The molecule has 0 amide bonds. The summed E-state index contributed by atoms with van der Waals surface area (Å²) < 4.78 is 26.4. The van der Waals surface area contributed by atoms with Crippen molar-refractivity contribution in [2.24, 2.45) is 5.92 Å². The van der Waals surface area contributed by atoms with E-state index < -0.39 is 14.8 Å². The second kappa shape index (κ2) is 8.02. The summed E-state index contributed by atoms with van der Waals surface area (Å²) >= 11 is 5.93. The monoisotopic (exact) mass is 383 g/mol. The van der Waals surface area contributed by atoms with Gasteiger partial charge in [0.15, 0.2) is 5.78 Å². The molecular formula is C19H26ClNO3S. The van der Waals surface area contributed by atoms with Crippen molar-refractivity contribution in [3.05, 3.63) is 40.9 Å². The zero-order chi connectivity index (χ0) is 18.7. The van der Waals surface area contributed by atoms with Crippen molar-refractivity contribution in [3.8, 4) is 0 Å². The second-order valence-electron chi connectivity index (χ2n) is 7.57. The largest absolute Gasteiger partial charge is 0.295 e. The SMILES string of the molecule is CC(C)(C)S(=O)(=O)NC1CCC(C(=O)/C=C/c2cccc(Cl)c2)CC1. The summed E-state index contributed by atoms with van der Waals surface area (Å²) in [6, 6.07) is 7.27. The Hall–Kier alpha value is -1.17. The van der Waals surface area contributed by atoms with Crippen LogP contribution in [0.3, 0.4) is 0 Å². The zero-order valence-electron chi connectivity index (χ0n) is 15.0. The molecule has 0 unspecified atom stereocenters. The highest BCUT2D eigenvalue weighted by molar-refractivity contribution is 7.90. The number of benzene rings is 1. The van der Waals surface area contributed by atoms with Gasteiger partial charge in [-0.1, -0.05) is 29.8 Å². The van der Waals surface area contributed by atoms with Crippen LogP contribution >= 0.6 is 11.6 Å². The van der Waals surface area contributed by atoms with E-state index in [1.807, 2.05) is 18.2 Å². The van der Waals surface area contributed by atoms with Crippen LogP contribution in [-0.4, -0.2) is 25.0 Å². The molecule has 25 heavy (non-hydrogen) atoms. The first-order chi connectivity index (χ1) is 11.6. The second-order valence-corrected chi connectivity index (χ2v) is 10.5. The first-order valence-corrected chi connectivity index (χ1v) is 10.4. The number of sulfonamides is 1. The molecule has 0 aliphatic heterocycles. The maximum absolute atomic E-state index is 12.3. The number of carbonyl (C=O) groups is 1. The van der Waals surface area contributed by atoms with Crippen LogP contribution in [0.15, 0.2) is 30.3 Å². The van der Waals surface area contributed by atoms with Crippen molar-refractivity contribution >= 4 is 33.5 Å². The van der Waals surface area contributed by atoms with Crippen LogP contribution in [0.1, 0.15) is 52.0 Å². The number of allylic oxidation sites excluding steroid dienone is 1. The smallest absolute Gasteiger partial charge is 0.216 e. The molecule has 138 valence electrons. The maximum atomic E-state index is 12.3. The molecule has 2 rings (SSSR count). The summed E-state index contributed by atoms with van der Waals surface area (Å²) in [6.45, 7) is 5.06. The Morgan fingerprint density at radius 3 is 2.40 bits per heavy atom. The molecule has 1 aliphatic carbocycles. The van der Waals surface area contributed by atoms with Crippen molar-refractivity contribution in [1.82, 2.24) is 4.72 Å². The lowest BCUT2D eigenvalue weighted by Crippen LogP contribution is -2.46. The van der Waals surface area contributed by atoms with E-state index in [1.54, 1.807) is 39.0 Å². The minimum absolute atomic E-state index is 0.0363. The Morgan fingerprint density at radius 2 is 1.84 bits per heavy atom. The van der Waals surface area contributed by atoms with Gasteiger partial charge in [0.25, 0.3) is 0 Å². The number of halogens is 1. The number of carbonyl (C=O) groups excluding carboxylic acids is 1. The van der Waals surface area contributed by atoms with Gasteiger partial charge in [-0.2, -0.15) is 0 Å². The number of hydrogen-bond acceptors (Lipinski definition) is 3. The van der Waals surface area contributed by atoms with E-state index in [9.17, 15) is 13.2 Å². The van der Waals surface area contributed by atoms with Crippen LogP contribution < -0.4 is 4.72 Å². The molecule has 0 spiro atoms. The van der Waals surface area contributed by atoms with Gasteiger partial charge in [0.2, 0.25) is 10.0 Å². The molecule has 1 N–H and O–H groups in total. The number of hydrogen-bond donors (Lipinski definition) is 1. The number of rotatable bonds is 5. The Bertz CT molecular complexity index is 742. The highest BCUT2D eigenvalue weighted by Crippen LogP contribution is 2.27. The predicted octanol–water partition coefficient (Wildman–Crippen LogP) is 4.20. The Labute approximate surface area is 155 Å². The number of ketones is 1. The fourth-order valence-corrected chi connectivity index (χ4v) is 4.04. The third kappa shape index (κ3) is 5.66. The minimum atomic E-state index is -3.35. The van der Waals surface area contributed by atoms with Crippen LogP contribution in [0.4, 0.5) is 0 Å². The predicted molar refractivity (Wildman–Crippen MR) is 103 cm³/mol. The molecule has 6 heteroatoms. The van der Waals surface area contributed by atoms with Crippen molar-refractivity contribution in [2.45, 2.75) is 57.2 Å².